The van der Waals surface area contributed by atoms with Crippen molar-refractivity contribution in [3.8, 4) is 0 Å². The maximum absolute atomic E-state index is 13.0. The van der Waals surface area contributed by atoms with Gasteiger partial charge in [0.2, 0.25) is 10.0 Å². The van der Waals surface area contributed by atoms with Crippen LogP contribution >= 0.6 is 0 Å². The van der Waals surface area contributed by atoms with Crippen LogP contribution in [0.1, 0.15) is 30.9 Å². The van der Waals surface area contributed by atoms with Crippen LogP contribution in [0, 0.1) is 0 Å². The minimum atomic E-state index is -3.42. The number of para-hydroxylation sites is 1. The third kappa shape index (κ3) is 3.72. The smallest absolute Gasteiger partial charge is 0.243 e. The van der Waals surface area contributed by atoms with E-state index in [1.54, 1.807) is 16.4 Å². The van der Waals surface area contributed by atoms with Gasteiger partial charge in [0.1, 0.15) is 0 Å². The summed E-state index contributed by atoms with van der Waals surface area (Å²) in [6.07, 6.45) is 2.06. The Kier molecular flexibility index (Phi) is 5.27. The molecule has 1 N–H and O–H groups in total. The maximum Gasteiger partial charge on any atom is 0.243 e. The monoisotopic (exact) mass is 397 g/mol. The Hall–Kier alpha value is -2.15. The molecule has 0 unspecified atom stereocenters. The van der Waals surface area contributed by atoms with E-state index < -0.39 is 10.0 Å². The molecule has 1 aliphatic heterocycles. The summed E-state index contributed by atoms with van der Waals surface area (Å²) in [5.74, 6) is 0.393. The van der Waals surface area contributed by atoms with Crippen LogP contribution in [0.15, 0.2) is 59.6 Å². The molecule has 6 heteroatoms. The molecule has 0 radical (unpaired) electrons. The lowest BCUT2D eigenvalue weighted by molar-refractivity contribution is 0.182. The van der Waals surface area contributed by atoms with Gasteiger partial charge in [0, 0.05) is 49.8 Å². The maximum atomic E-state index is 13.0. The molecule has 0 bridgehead atoms. The van der Waals surface area contributed by atoms with E-state index in [1.807, 2.05) is 18.2 Å². The highest BCUT2D eigenvalue weighted by molar-refractivity contribution is 7.89. The first-order valence-corrected chi connectivity index (χ1v) is 11.3. The number of fused-ring (bicyclic) bond motifs is 1. The minimum Gasteiger partial charge on any atom is -0.361 e. The highest BCUT2D eigenvalue weighted by Gasteiger charge is 2.28. The number of nitrogens with zero attached hydrogens (tertiary/aromatic N) is 2. The molecule has 2 aromatic carbocycles. The second-order valence-electron chi connectivity index (χ2n) is 7.76. The van der Waals surface area contributed by atoms with Crippen molar-refractivity contribution in [2.45, 2.75) is 31.2 Å². The molecule has 1 fully saturated rings. The first-order valence-electron chi connectivity index (χ1n) is 9.82. The van der Waals surface area contributed by atoms with Crippen LogP contribution in [0.25, 0.3) is 10.9 Å². The van der Waals surface area contributed by atoms with Crippen molar-refractivity contribution in [1.82, 2.24) is 14.2 Å². The molecule has 5 nitrogen and oxygen atoms in total. The van der Waals surface area contributed by atoms with Gasteiger partial charge in [-0.25, -0.2) is 8.42 Å². The topological polar surface area (TPSA) is 56.4 Å². The van der Waals surface area contributed by atoms with E-state index >= 15 is 0 Å². The normalized spacial score (nSPS) is 16.8. The summed E-state index contributed by atoms with van der Waals surface area (Å²) in [5.41, 5.74) is 3.56. The first-order chi connectivity index (χ1) is 13.4. The number of aromatic amines is 1. The third-order valence-electron chi connectivity index (χ3n) is 5.58. The van der Waals surface area contributed by atoms with Crippen molar-refractivity contribution in [3.63, 3.8) is 0 Å². The highest BCUT2D eigenvalue weighted by Crippen LogP contribution is 2.23. The van der Waals surface area contributed by atoms with Gasteiger partial charge in [-0.15, -0.1) is 0 Å². The van der Waals surface area contributed by atoms with Gasteiger partial charge < -0.3 is 4.98 Å². The quantitative estimate of drug-likeness (QED) is 0.712. The molecule has 3 aromatic rings. The van der Waals surface area contributed by atoms with Crippen molar-refractivity contribution >= 4 is 20.9 Å². The van der Waals surface area contributed by atoms with E-state index in [0.29, 0.717) is 23.9 Å². The Balaban J connectivity index is 1.41. The Morgan fingerprint density at radius 2 is 1.64 bits per heavy atom. The predicted octanol–water partition coefficient (Wildman–Crippen LogP) is 3.80. The van der Waals surface area contributed by atoms with Gasteiger partial charge in [-0.2, -0.15) is 4.31 Å². The van der Waals surface area contributed by atoms with Crippen LogP contribution in [-0.2, 0) is 16.6 Å². The Morgan fingerprint density at radius 1 is 0.964 bits per heavy atom. The zero-order valence-electron chi connectivity index (χ0n) is 16.4. The summed E-state index contributed by atoms with van der Waals surface area (Å²) in [4.78, 5) is 6.03. The lowest BCUT2D eigenvalue weighted by Gasteiger charge is -2.34. The largest absolute Gasteiger partial charge is 0.361 e. The lowest BCUT2D eigenvalue weighted by atomic mass is 10.0. The second-order valence-corrected chi connectivity index (χ2v) is 9.70. The van der Waals surface area contributed by atoms with Gasteiger partial charge in [-0.05, 0) is 35.2 Å². The number of rotatable bonds is 5. The zero-order chi connectivity index (χ0) is 19.7. The zero-order valence-corrected chi connectivity index (χ0v) is 17.2. The third-order valence-corrected chi connectivity index (χ3v) is 7.50. The number of piperazine rings is 1. The number of hydrogen-bond donors (Lipinski definition) is 1. The van der Waals surface area contributed by atoms with Gasteiger partial charge in [-0.1, -0.05) is 44.2 Å². The van der Waals surface area contributed by atoms with Crippen LogP contribution in [0.5, 0.6) is 0 Å². The molecule has 1 aliphatic rings. The Bertz CT molecular complexity index is 1050. The molecular weight excluding hydrogens is 370 g/mol. The number of hydrogen-bond acceptors (Lipinski definition) is 3. The van der Waals surface area contributed by atoms with E-state index in [2.05, 4.69) is 48.1 Å². The molecule has 0 aliphatic carbocycles. The summed E-state index contributed by atoms with van der Waals surface area (Å²) >= 11 is 0. The first kappa shape index (κ1) is 19.2. The number of benzene rings is 2. The average Bonchev–Trinajstić information content (AvgIpc) is 3.11. The van der Waals surface area contributed by atoms with Gasteiger partial charge in [0.25, 0.3) is 0 Å². The SMILES string of the molecule is CC(C)c1ccc(S(=O)(=O)N2CCN(Cc3c[nH]c4ccccc34)CC2)cc1. The molecule has 148 valence electrons. The molecule has 0 atom stereocenters. The summed E-state index contributed by atoms with van der Waals surface area (Å²) in [7, 11) is -3.42. The van der Waals surface area contributed by atoms with Gasteiger partial charge in [0.15, 0.2) is 0 Å². The fourth-order valence-electron chi connectivity index (χ4n) is 3.81. The number of H-pyrrole nitrogens is 1. The van der Waals surface area contributed by atoms with Crippen LogP contribution in [0.4, 0.5) is 0 Å². The summed E-state index contributed by atoms with van der Waals surface area (Å²) in [6, 6.07) is 15.6. The number of nitrogens with one attached hydrogen (secondary N) is 1. The lowest BCUT2D eigenvalue weighted by Crippen LogP contribution is -2.48. The molecule has 4 rings (SSSR count). The average molecular weight is 398 g/mol. The summed E-state index contributed by atoms with van der Waals surface area (Å²) < 4.78 is 27.6. The van der Waals surface area contributed by atoms with Gasteiger partial charge >= 0.3 is 0 Å². The van der Waals surface area contributed by atoms with Crippen LogP contribution in [0.3, 0.4) is 0 Å². The molecule has 1 saturated heterocycles. The van der Waals surface area contributed by atoms with Crippen molar-refractivity contribution < 1.29 is 8.42 Å². The Morgan fingerprint density at radius 3 is 2.32 bits per heavy atom. The molecule has 1 aromatic heterocycles. The molecule has 28 heavy (non-hydrogen) atoms. The fourth-order valence-corrected chi connectivity index (χ4v) is 5.23. The second kappa shape index (κ2) is 7.70. The van der Waals surface area contributed by atoms with E-state index in [4.69, 9.17) is 0 Å². The van der Waals surface area contributed by atoms with E-state index in [1.165, 1.54) is 10.9 Å². The van der Waals surface area contributed by atoms with E-state index in [-0.39, 0.29) is 0 Å². The number of aromatic nitrogens is 1. The molecule has 0 amide bonds. The number of sulfonamides is 1. The van der Waals surface area contributed by atoms with Crippen LogP contribution in [0.2, 0.25) is 0 Å². The van der Waals surface area contributed by atoms with E-state index in [0.717, 1.165) is 30.7 Å². The molecule has 0 spiro atoms. The van der Waals surface area contributed by atoms with E-state index in [9.17, 15) is 8.42 Å². The fraction of sp³-hybridized carbons (Fsp3) is 0.364. The van der Waals surface area contributed by atoms with Crippen LogP contribution < -0.4 is 0 Å². The van der Waals surface area contributed by atoms with Crippen molar-refractivity contribution in [2.75, 3.05) is 26.2 Å². The summed E-state index contributed by atoms with van der Waals surface area (Å²) in [5, 5.41) is 1.24. The molecular formula is C22H27N3O2S. The van der Waals surface area contributed by atoms with Gasteiger partial charge in [0.05, 0.1) is 4.90 Å². The van der Waals surface area contributed by atoms with Crippen molar-refractivity contribution in [3.05, 3.63) is 65.9 Å². The molecule has 2 heterocycles. The predicted molar refractivity (Wildman–Crippen MR) is 113 cm³/mol. The highest BCUT2D eigenvalue weighted by atomic mass is 32.2. The van der Waals surface area contributed by atoms with Crippen molar-refractivity contribution in [1.29, 1.82) is 0 Å². The Labute approximate surface area is 167 Å². The van der Waals surface area contributed by atoms with Crippen molar-refractivity contribution in [2.24, 2.45) is 0 Å². The minimum absolute atomic E-state index is 0.391. The standard InChI is InChI=1S/C22H27N3O2S/c1-17(2)18-7-9-20(10-8-18)28(26,27)25-13-11-24(12-14-25)16-19-15-23-22-6-4-3-5-21(19)22/h3-10,15,17,23H,11-14,16H2,1-2H3. The van der Waals surface area contributed by atoms with Gasteiger partial charge in [-0.3, -0.25) is 4.90 Å². The van der Waals surface area contributed by atoms with Crippen LogP contribution in [-0.4, -0.2) is 48.8 Å². The molecule has 0 saturated carbocycles. The summed E-state index contributed by atoms with van der Waals surface area (Å²) in [6.45, 7) is 7.58.